The van der Waals surface area contributed by atoms with Gasteiger partial charge in [-0.1, -0.05) is 5.16 Å². The number of aromatic nitrogens is 2. The van der Waals surface area contributed by atoms with E-state index in [2.05, 4.69) is 20.0 Å². The summed E-state index contributed by atoms with van der Waals surface area (Å²) in [6.45, 7) is 1.53. The first kappa shape index (κ1) is 13.1. The third kappa shape index (κ3) is 2.56. The van der Waals surface area contributed by atoms with E-state index in [1.165, 1.54) is 6.92 Å². The van der Waals surface area contributed by atoms with Gasteiger partial charge in [0.05, 0.1) is 11.6 Å². The van der Waals surface area contributed by atoms with Gasteiger partial charge in [0.1, 0.15) is 0 Å². The molecule has 0 aliphatic rings. The van der Waals surface area contributed by atoms with Crippen molar-refractivity contribution >= 4 is 5.91 Å². The van der Waals surface area contributed by atoms with E-state index in [9.17, 15) is 18.0 Å². The Kier molecular flexibility index (Phi) is 3.50. The largest absolute Gasteiger partial charge is 0.343 e. The molecule has 1 aromatic carbocycles. The van der Waals surface area contributed by atoms with Crippen molar-refractivity contribution in [2.75, 3.05) is 0 Å². The normalized spacial score (nSPS) is 12.2. The second-order valence-corrected chi connectivity index (χ2v) is 3.71. The Balaban J connectivity index is 2.19. The zero-order valence-corrected chi connectivity index (χ0v) is 9.65. The van der Waals surface area contributed by atoms with Crippen molar-refractivity contribution in [1.29, 1.82) is 0 Å². The van der Waals surface area contributed by atoms with Gasteiger partial charge < -0.3 is 9.84 Å². The summed E-state index contributed by atoms with van der Waals surface area (Å²) in [5.41, 5.74) is -0.603. The minimum Gasteiger partial charge on any atom is -0.343 e. The van der Waals surface area contributed by atoms with E-state index in [4.69, 9.17) is 0 Å². The molecule has 1 aromatic heterocycles. The van der Waals surface area contributed by atoms with Crippen LogP contribution in [-0.2, 0) is 0 Å². The van der Waals surface area contributed by atoms with E-state index in [0.717, 1.165) is 12.5 Å². The number of halogens is 3. The van der Waals surface area contributed by atoms with E-state index in [0.29, 0.717) is 6.07 Å². The topological polar surface area (TPSA) is 68.0 Å². The maximum Gasteiger partial charge on any atom is 0.254 e. The van der Waals surface area contributed by atoms with Crippen LogP contribution in [0.5, 0.6) is 0 Å². The summed E-state index contributed by atoms with van der Waals surface area (Å²) in [4.78, 5) is 15.4. The fourth-order valence-corrected chi connectivity index (χ4v) is 1.41. The average Bonchev–Trinajstić information content (AvgIpc) is 2.89. The second-order valence-electron chi connectivity index (χ2n) is 3.71. The molecule has 1 N–H and O–H groups in total. The van der Waals surface area contributed by atoms with Crippen LogP contribution in [0.2, 0.25) is 0 Å². The molecule has 2 aromatic rings. The minimum atomic E-state index is -1.69. The lowest BCUT2D eigenvalue weighted by Crippen LogP contribution is -2.28. The lowest BCUT2D eigenvalue weighted by molar-refractivity contribution is 0.0932. The molecular formula is C11H8F3N3O2. The summed E-state index contributed by atoms with van der Waals surface area (Å²) in [5, 5.41) is 5.82. The third-order valence-electron chi connectivity index (χ3n) is 2.39. The van der Waals surface area contributed by atoms with Gasteiger partial charge in [0, 0.05) is 0 Å². The fraction of sp³-hybridized carbons (Fsp3) is 0.182. The van der Waals surface area contributed by atoms with E-state index in [1.54, 1.807) is 0 Å². The van der Waals surface area contributed by atoms with Crippen molar-refractivity contribution in [2.45, 2.75) is 13.0 Å². The van der Waals surface area contributed by atoms with Gasteiger partial charge in [0.2, 0.25) is 6.39 Å². The quantitative estimate of drug-likeness (QED) is 0.867. The summed E-state index contributed by atoms with van der Waals surface area (Å²) in [6.07, 6.45) is 1.07. The van der Waals surface area contributed by atoms with Crippen molar-refractivity contribution in [2.24, 2.45) is 0 Å². The summed E-state index contributed by atoms with van der Waals surface area (Å²) >= 11 is 0. The van der Waals surface area contributed by atoms with E-state index < -0.39 is 35.0 Å². The molecule has 8 heteroatoms. The van der Waals surface area contributed by atoms with Crippen LogP contribution in [0.15, 0.2) is 23.0 Å². The summed E-state index contributed by atoms with van der Waals surface area (Å²) in [7, 11) is 0. The number of hydrogen-bond acceptors (Lipinski definition) is 4. The smallest absolute Gasteiger partial charge is 0.254 e. The van der Waals surface area contributed by atoms with Crippen LogP contribution in [0.3, 0.4) is 0 Å². The van der Waals surface area contributed by atoms with Gasteiger partial charge in [-0.2, -0.15) is 4.98 Å². The Hall–Kier alpha value is -2.38. The highest BCUT2D eigenvalue weighted by atomic mass is 19.2. The number of hydrogen-bond donors (Lipinski definition) is 1. The Bertz CT molecular complexity index is 601. The fourth-order valence-electron chi connectivity index (χ4n) is 1.41. The van der Waals surface area contributed by atoms with Crippen molar-refractivity contribution < 1.29 is 22.5 Å². The number of carbonyl (C=O) groups excluding carboxylic acids is 1. The van der Waals surface area contributed by atoms with Crippen LogP contribution in [-0.4, -0.2) is 16.0 Å². The van der Waals surface area contributed by atoms with Gasteiger partial charge in [0.25, 0.3) is 5.91 Å². The molecule has 0 saturated carbocycles. The van der Waals surface area contributed by atoms with Gasteiger partial charge in [-0.05, 0) is 19.1 Å². The lowest BCUT2D eigenvalue weighted by Gasteiger charge is -2.10. The molecule has 0 bridgehead atoms. The maximum absolute atomic E-state index is 13.4. The minimum absolute atomic E-state index is 0.177. The molecule has 1 heterocycles. The molecule has 0 saturated heterocycles. The number of carbonyl (C=O) groups is 1. The van der Waals surface area contributed by atoms with Crippen LogP contribution in [0.4, 0.5) is 13.2 Å². The Morgan fingerprint density at radius 2 is 2.05 bits per heavy atom. The van der Waals surface area contributed by atoms with E-state index >= 15 is 0 Å². The first-order valence-electron chi connectivity index (χ1n) is 5.21. The first-order chi connectivity index (χ1) is 9.00. The average molecular weight is 271 g/mol. The van der Waals surface area contributed by atoms with Gasteiger partial charge in [0.15, 0.2) is 23.3 Å². The van der Waals surface area contributed by atoms with Gasteiger partial charge in [-0.3, -0.25) is 4.79 Å². The van der Waals surface area contributed by atoms with Crippen LogP contribution < -0.4 is 5.32 Å². The van der Waals surface area contributed by atoms with Crippen LogP contribution in [0, 0.1) is 17.5 Å². The standard InChI is InChI=1S/C11H8F3N3O2/c1-5(10-15-4-19-17-10)16-11(18)6-2-3-7(12)9(14)8(6)13/h2-5H,1H3,(H,16,18). The molecule has 2 rings (SSSR count). The van der Waals surface area contributed by atoms with Crippen molar-refractivity contribution in [3.05, 3.63) is 47.4 Å². The number of amides is 1. The van der Waals surface area contributed by atoms with Gasteiger partial charge in [-0.25, -0.2) is 13.2 Å². The van der Waals surface area contributed by atoms with Crippen LogP contribution >= 0.6 is 0 Å². The van der Waals surface area contributed by atoms with Gasteiger partial charge in [-0.15, -0.1) is 0 Å². The Labute approximate surface area is 105 Å². The molecule has 1 unspecified atom stereocenters. The lowest BCUT2D eigenvalue weighted by atomic mass is 10.1. The molecule has 0 fully saturated rings. The molecule has 5 nitrogen and oxygen atoms in total. The monoisotopic (exact) mass is 271 g/mol. The van der Waals surface area contributed by atoms with Gasteiger partial charge >= 0.3 is 0 Å². The third-order valence-corrected chi connectivity index (χ3v) is 2.39. The SMILES string of the molecule is CC(NC(=O)c1ccc(F)c(F)c1F)c1ncon1. The van der Waals surface area contributed by atoms with Crippen LogP contribution in [0.25, 0.3) is 0 Å². The molecule has 0 aliphatic heterocycles. The summed E-state index contributed by atoms with van der Waals surface area (Å²) in [6, 6.07) is 0.858. The Morgan fingerprint density at radius 1 is 1.32 bits per heavy atom. The highest BCUT2D eigenvalue weighted by Crippen LogP contribution is 2.16. The van der Waals surface area contributed by atoms with Crippen molar-refractivity contribution in [3.8, 4) is 0 Å². The summed E-state index contributed by atoms with van der Waals surface area (Å²) in [5.74, 6) is -5.33. The van der Waals surface area contributed by atoms with Crippen molar-refractivity contribution in [3.63, 3.8) is 0 Å². The van der Waals surface area contributed by atoms with E-state index in [1.807, 2.05) is 0 Å². The zero-order chi connectivity index (χ0) is 14.0. The number of nitrogens with zero attached hydrogens (tertiary/aromatic N) is 2. The predicted octanol–water partition coefficient (Wildman–Crippen LogP) is 1.98. The molecule has 0 aliphatic carbocycles. The number of rotatable bonds is 3. The molecule has 100 valence electrons. The predicted molar refractivity (Wildman–Crippen MR) is 56.5 cm³/mol. The molecule has 0 radical (unpaired) electrons. The maximum atomic E-state index is 13.4. The molecule has 0 spiro atoms. The number of benzene rings is 1. The molecule has 19 heavy (non-hydrogen) atoms. The highest BCUT2D eigenvalue weighted by molar-refractivity contribution is 5.94. The molecular weight excluding hydrogens is 263 g/mol. The Morgan fingerprint density at radius 3 is 2.68 bits per heavy atom. The molecule has 1 atom stereocenters. The number of nitrogens with one attached hydrogen (secondary N) is 1. The first-order valence-corrected chi connectivity index (χ1v) is 5.21. The van der Waals surface area contributed by atoms with Crippen molar-refractivity contribution in [1.82, 2.24) is 15.5 Å². The van der Waals surface area contributed by atoms with Crippen LogP contribution in [0.1, 0.15) is 29.1 Å². The molecule has 1 amide bonds. The second kappa shape index (κ2) is 5.09. The summed E-state index contributed by atoms with van der Waals surface area (Å²) < 4.78 is 43.6. The highest BCUT2D eigenvalue weighted by Gasteiger charge is 2.21. The zero-order valence-electron chi connectivity index (χ0n) is 9.65. The van der Waals surface area contributed by atoms with E-state index in [-0.39, 0.29) is 5.82 Å².